The van der Waals surface area contributed by atoms with Crippen molar-refractivity contribution in [1.82, 2.24) is 42.8 Å². The number of benzene rings is 9. The molecule has 130 heavy (non-hydrogen) atoms. The molecule has 684 valence electrons. The quantitative estimate of drug-likeness (QED) is 0.160. The maximum absolute atomic E-state index is 13.2. The summed E-state index contributed by atoms with van der Waals surface area (Å²) in [5.74, 6) is 1.18. The molecule has 1 saturated carbocycles. The minimum Gasteiger partial charge on any atom is -0.496 e. The Labute approximate surface area is 764 Å². The standard InChI is InChI=1S/C13H15NO.C13H17NO.C12H15NO2.C11H12ClNO.C11H12FNO.2C11H12N2O2.C11H13NO2.C11H13NO/c1-9-3-4-10-8-13(5-6-13)14(2)12(15)11(10)7-9;1-9-5-6-10-8-13(2,3)14(4)12(15)11(10)7-9;1-8-4-9-6-12(14)13(2)7-10(9)5-11(8)15-3;1-7-5-8-3-4-11(14)13(2)10(8)6-9(7)12;1-7-5-8-3-4-13(2)11(14)9(8)6-10(7)12;1-7-4-5-9-8(6-7)10(14)13(3)11(15)12(9)2;1-7-4-5-8-9(6-7)12(2)11(15)13(3)10(8)14;1-7-4-5-8-9(6-7)12(3)10(13)11(8,2)14;1-8-3-4-9-6-11(13)12(2)7-10(9)5-8/h3-4,7H,5-6,8H2,1-2H3;5-7H,8H2,1-4H3;4-5H,6-7H2,1-3H3;2*5-6H,3-4H2,1-2H3;2*4-6H,1-3H3;4-6,14H,1-3H3;3-5H,6-7H2,1-2H3. The Bertz CT molecular complexity index is 6560. The largest absolute Gasteiger partial charge is 0.496 e. The van der Waals surface area contributed by atoms with Crippen LogP contribution in [-0.2, 0) is 105 Å². The lowest BCUT2D eigenvalue weighted by atomic mass is 9.85. The molecule has 7 amide bonds. The van der Waals surface area contributed by atoms with E-state index in [0.29, 0.717) is 64.3 Å². The second-order valence-electron chi connectivity index (χ2n) is 36.5. The van der Waals surface area contributed by atoms with E-state index in [4.69, 9.17) is 16.3 Å². The summed E-state index contributed by atoms with van der Waals surface area (Å²) in [6.45, 7) is 25.6. The van der Waals surface area contributed by atoms with Crippen LogP contribution in [0.15, 0.2) is 165 Å². The fourth-order valence-electron chi connectivity index (χ4n) is 17.1. The lowest BCUT2D eigenvalue weighted by Gasteiger charge is -2.40. The van der Waals surface area contributed by atoms with E-state index in [1.165, 1.54) is 98.5 Å². The van der Waals surface area contributed by atoms with Gasteiger partial charge in [0.15, 0.2) is 5.60 Å². The number of aliphatic hydroxyl groups is 1. The predicted molar refractivity (Wildman–Crippen MR) is 511 cm³/mol. The molecular weight excluding hydrogens is 1670 g/mol. The number of fused-ring (bicyclic) bond motifs is 9. The number of aromatic nitrogens is 4. The van der Waals surface area contributed by atoms with Gasteiger partial charge >= 0.3 is 11.4 Å². The zero-order valence-electron chi connectivity index (χ0n) is 79.4. The van der Waals surface area contributed by atoms with Gasteiger partial charge in [-0.2, -0.15) is 0 Å². The van der Waals surface area contributed by atoms with Crippen molar-refractivity contribution in [2.45, 2.75) is 171 Å². The van der Waals surface area contributed by atoms with Gasteiger partial charge in [-0.3, -0.25) is 61.4 Å². The molecule has 0 bridgehead atoms. The van der Waals surface area contributed by atoms with Gasteiger partial charge in [-0.05, 0) is 255 Å². The van der Waals surface area contributed by atoms with Gasteiger partial charge in [0.25, 0.3) is 34.7 Å². The summed E-state index contributed by atoms with van der Waals surface area (Å²) in [4.78, 5) is 141. The molecule has 0 radical (unpaired) electrons. The van der Waals surface area contributed by atoms with Gasteiger partial charge in [-0.1, -0.05) is 119 Å². The van der Waals surface area contributed by atoms with Gasteiger partial charge in [0.05, 0.1) is 47.4 Å². The lowest BCUT2D eigenvalue weighted by Crippen LogP contribution is -2.50. The molecule has 1 spiro atoms. The summed E-state index contributed by atoms with van der Waals surface area (Å²) in [6, 6.07) is 46.4. The Morgan fingerprint density at radius 1 is 0.392 bits per heavy atom. The first-order chi connectivity index (χ1) is 61.0. The van der Waals surface area contributed by atoms with Gasteiger partial charge in [-0.25, -0.2) is 14.0 Å². The van der Waals surface area contributed by atoms with Crippen LogP contribution in [0.5, 0.6) is 5.75 Å². The summed E-state index contributed by atoms with van der Waals surface area (Å²) < 4.78 is 23.7. The van der Waals surface area contributed by atoms with Gasteiger partial charge in [0.2, 0.25) is 17.7 Å². The zero-order chi connectivity index (χ0) is 95.7. The van der Waals surface area contributed by atoms with Gasteiger partial charge in [0.1, 0.15) is 11.6 Å². The number of anilines is 2. The summed E-state index contributed by atoms with van der Waals surface area (Å²) in [6.07, 6.45) is 7.64. The number of likely N-dealkylation sites (N-methyl/N-ethyl adjacent to an activating group) is 6. The normalized spacial score (nSPS) is 16.6. The number of rotatable bonds is 1. The molecule has 7 aliphatic heterocycles. The van der Waals surface area contributed by atoms with Crippen molar-refractivity contribution in [3.05, 3.63) is 315 Å². The van der Waals surface area contributed by atoms with E-state index in [1.54, 1.807) is 93.1 Å². The molecule has 0 saturated heterocycles. The highest BCUT2D eigenvalue weighted by Crippen LogP contribution is 2.48. The molecule has 11 aromatic rings. The van der Waals surface area contributed by atoms with Crippen LogP contribution in [0.3, 0.4) is 0 Å². The molecule has 2 aromatic heterocycles. The van der Waals surface area contributed by atoms with E-state index < -0.39 is 5.60 Å². The molecule has 24 nitrogen and oxygen atoms in total. The van der Waals surface area contributed by atoms with Crippen LogP contribution in [0.1, 0.15) is 171 Å². The smallest absolute Gasteiger partial charge is 0.330 e. The van der Waals surface area contributed by atoms with Crippen molar-refractivity contribution < 1.29 is 47.8 Å². The van der Waals surface area contributed by atoms with Crippen molar-refractivity contribution in [2.24, 2.45) is 28.2 Å². The lowest BCUT2D eigenvalue weighted by molar-refractivity contribution is -0.134. The number of carbonyl (C=O) groups is 7. The molecule has 9 heterocycles. The Morgan fingerprint density at radius 2 is 0.877 bits per heavy atom. The third-order valence-electron chi connectivity index (χ3n) is 26.0. The van der Waals surface area contributed by atoms with E-state index in [-0.39, 0.29) is 80.7 Å². The monoisotopic (exact) mass is 1790 g/mol. The number of carbonyl (C=O) groups excluding carboxylic acids is 7. The number of ether oxygens (including phenoxy) is 1. The first-order valence-corrected chi connectivity index (χ1v) is 43.9. The maximum Gasteiger partial charge on any atom is 0.330 e. The number of amides is 7. The second kappa shape index (κ2) is 39.2. The first-order valence-electron chi connectivity index (χ1n) is 43.5. The average molecular weight is 1790 g/mol. The summed E-state index contributed by atoms with van der Waals surface area (Å²) >= 11 is 6.02. The molecule has 9 aromatic carbocycles. The summed E-state index contributed by atoms with van der Waals surface area (Å²) in [7, 11) is 20.7. The minimum atomic E-state index is -1.36. The maximum atomic E-state index is 13.2. The van der Waals surface area contributed by atoms with Crippen molar-refractivity contribution >= 4 is 86.1 Å². The van der Waals surface area contributed by atoms with E-state index in [1.807, 2.05) is 147 Å². The molecule has 1 atom stereocenters. The highest BCUT2D eigenvalue weighted by Gasteiger charge is 2.52. The van der Waals surface area contributed by atoms with Crippen molar-refractivity contribution in [2.75, 3.05) is 72.8 Å². The van der Waals surface area contributed by atoms with Gasteiger partial charge in [-0.15, -0.1) is 0 Å². The highest BCUT2D eigenvalue weighted by atomic mass is 35.5. The molecular formula is C104H121ClFN11O13. The Hall–Kier alpha value is -12.9. The number of methoxy groups -OCH3 is 1. The number of halogens is 2. The minimum absolute atomic E-state index is 0.0701. The van der Waals surface area contributed by atoms with E-state index >= 15 is 0 Å². The molecule has 1 N–H and O–H groups in total. The van der Waals surface area contributed by atoms with Crippen LogP contribution in [0.4, 0.5) is 15.8 Å². The molecule has 8 aliphatic rings. The van der Waals surface area contributed by atoms with Crippen molar-refractivity contribution in [1.29, 1.82) is 0 Å². The molecule has 1 aliphatic carbocycles. The van der Waals surface area contributed by atoms with E-state index in [9.17, 15) is 62.2 Å². The topological polar surface area (TPSA) is 260 Å². The molecule has 26 heteroatoms. The van der Waals surface area contributed by atoms with Gasteiger partial charge < -0.3 is 44.1 Å². The number of hydrogen-bond acceptors (Lipinski definition) is 13. The highest BCUT2D eigenvalue weighted by molar-refractivity contribution is 6.31. The van der Waals surface area contributed by atoms with Crippen LogP contribution in [0.25, 0.3) is 21.8 Å². The van der Waals surface area contributed by atoms with Crippen LogP contribution >= 0.6 is 11.6 Å². The van der Waals surface area contributed by atoms with Crippen molar-refractivity contribution in [3.63, 3.8) is 0 Å². The third kappa shape index (κ3) is 20.9. The Kier molecular flexibility index (Phi) is 29.5. The molecule has 19 rings (SSSR count). The second-order valence-corrected chi connectivity index (χ2v) is 36.9. The van der Waals surface area contributed by atoms with Gasteiger partial charge in [0, 0.05) is 148 Å². The first kappa shape index (κ1) is 97.7. The number of hydrogen-bond donors (Lipinski definition) is 1. The van der Waals surface area contributed by atoms with Crippen molar-refractivity contribution in [3.8, 4) is 5.75 Å². The Morgan fingerprint density at radius 3 is 1.48 bits per heavy atom. The number of aryl methyl sites for hydroxylation is 12. The fourth-order valence-corrected chi connectivity index (χ4v) is 17.3. The molecule has 1 fully saturated rings. The van der Waals surface area contributed by atoms with Crippen LogP contribution in [0, 0.1) is 68.1 Å². The van der Waals surface area contributed by atoms with Crippen LogP contribution in [-0.4, -0.2) is 163 Å². The summed E-state index contributed by atoms with van der Waals surface area (Å²) in [5, 5.41) is 11.9. The number of nitrogens with zero attached hydrogens (tertiary/aromatic N) is 11. The fraction of sp³-hybridized carbons (Fsp3) is 0.375. The average Bonchev–Trinajstić information content (AvgIpc) is 1.58. The third-order valence-corrected chi connectivity index (χ3v) is 26.4. The SMILES string of the molecule is COc1cc2c(cc1C)CC(=O)N(C)C2.Cc1cc2c(cc1Cl)N(C)C(=O)CC2.Cc1cc2c(cc1F)C(=O)N(C)CC2.Cc1ccc2c(=O)n(C)c(=O)n(C)c2c1.Cc1ccc2c(c1)C(=O)N(C)C(C)(C)C2.Cc1ccc2c(c1)C(=O)N(C)C1(CC1)C2.Cc1ccc2c(c1)CN(C)C(=O)C2.Cc1ccc2c(c1)N(C)C(=O)C2(C)O.Cc1ccc2c(c1)c(=O)n(C)c(=O)n2C. The van der Waals surface area contributed by atoms with Crippen LogP contribution < -0.4 is 37.0 Å². The predicted octanol–water partition coefficient (Wildman–Crippen LogP) is 14.2. The van der Waals surface area contributed by atoms with E-state index in [2.05, 4.69) is 75.4 Å². The molecule has 1 unspecified atom stereocenters. The summed E-state index contributed by atoms with van der Waals surface area (Å²) in [5.41, 5.74) is 22.7. The Balaban J connectivity index is 0.000000141. The zero-order valence-corrected chi connectivity index (χ0v) is 80.1. The van der Waals surface area contributed by atoms with E-state index in [0.717, 1.165) is 126 Å². The van der Waals surface area contributed by atoms with Crippen LogP contribution in [0.2, 0.25) is 5.02 Å².